The summed E-state index contributed by atoms with van der Waals surface area (Å²) < 4.78 is 26.2. The zero-order valence-electron chi connectivity index (χ0n) is 13.9. The molecule has 1 saturated carbocycles. The lowest BCUT2D eigenvalue weighted by Gasteiger charge is -2.33. The van der Waals surface area contributed by atoms with Gasteiger partial charge >= 0.3 is 6.09 Å². The van der Waals surface area contributed by atoms with E-state index >= 15 is 0 Å². The van der Waals surface area contributed by atoms with Crippen molar-refractivity contribution < 1.29 is 18.3 Å². The summed E-state index contributed by atoms with van der Waals surface area (Å²) in [5.41, 5.74) is 1.79. The van der Waals surface area contributed by atoms with Gasteiger partial charge in [-0.15, -0.1) is 0 Å². The number of amides is 1. The normalized spacial score (nSPS) is 19.3. The van der Waals surface area contributed by atoms with Crippen molar-refractivity contribution in [2.75, 3.05) is 30.2 Å². The summed E-state index contributed by atoms with van der Waals surface area (Å²) in [5.74, 6) is 0.655. The van der Waals surface area contributed by atoms with Gasteiger partial charge in [0.05, 0.1) is 11.9 Å². The van der Waals surface area contributed by atoms with Crippen molar-refractivity contribution in [1.82, 2.24) is 4.90 Å². The first kappa shape index (κ1) is 17.1. The molecule has 1 aliphatic carbocycles. The Bertz CT molecular complexity index is 707. The Hall–Kier alpha value is -1.76. The van der Waals surface area contributed by atoms with Gasteiger partial charge in [0.1, 0.15) is 0 Å². The van der Waals surface area contributed by atoms with Crippen molar-refractivity contribution in [2.45, 2.75) is 31.6 Å². The average Bonchev–Trinajstić information content (AvgIpc) is 3.36. The van der Waals surface area contributed by atoms with Gasteiger partial charge in [0, 0.05) is 19.6 Å². The third kappa shape index (κ3) is 3.83. The summed E-state index contributed by atoms with van der Waals surface area (Å²) >= 11 is 0. The molecule has 2 aliphatic rings. The van der Waals surface area contributed by atoms with Crippen LogP contribution in [0.2, 0.25) is 0 Å². The van der Waals surface area contributed by atoms with Gasteiger partial charge in [-0.3, -0.25) is 4.31 Å². The van der Waals surface area contributed by atoms with Gasteiger partial charge in [-0.25, -0.2) is 13.2 Å². The molecule has 0 radical (unpaired) electrons. The lowest BCUT2D eigenvalue weighted by atomic mass is 9.88. The van der Waals surface area contributed by atoms with Crippen LogP contribution in [0.15, 0.2) is 24.3 Å². The monoisotopic (exact) mass is 352 g/mol. The minimum Gasteiger partial charge on any atom is -0.465 e. The third-order valence-electron chi connectivity index (χ3n) is 4.93. The fourth-order valence-corrected chi connectivity index (χ4v) is 4.39. The third-order valence-corrected chi connectivity index (χ3v) is 6.08. The molecule has 24 heavy (non-hydrogen) atoms. The maximum atomic E-state index is 12.3. The van der Waals surface area contributed by atoms with Crippen molar-refractivity contribution in [3.05, 3.63) is 29.8 Å². The molecule has 0 bridgehead atoms. The van der Waals surface area contributed by atoms with Crippen LogP contribution in [0.5, 0.6) is 0 Å². The Balaban J connectivity index is 1.85. The van der Waals surface area contributed by atoms with Gasteiger partial charge in [-0.05, 0) is 49.1 Å². The first-order valence-corrected chi connectivity index (χ1v) is 10.3. The number of carboxylic acid groups (broad SMARTS) is 1. The fourth-order valence-electron chi connectivity index (χ4n) is 3.39. The first-order chi connectivity index (χ1) is 11.4. The summed E-state index contributed by atoms with van der Waals surface area (Å²) in [5, 5.41) is 9.09. The van der Waals surface area contributed by atoms with Crippen LogP contribution in [0.1, 0.15) is 37.2 Å². The number of benzene rings is 1. The van der Waals surface area contributed by atoms with Crippen LogP contribution in [-0.2, 0) is 10.0 Å². The van der Waals surface area contributed by atoms with Gasteiger partial charge in [0.2, 0.25) is 10.0 Å². The Morgan fingerprint density at radius 2 is 1.83 bits per heavy atom. The molecule has 1 aliphatic heterocycles. The van der Waals surface area contributed by atoms with Gasteiger partial charge < -0.3 is 10.0 Å². The Morgan fingerprint density at radius 3 is 2.38 bits per heavy atom. The molecular weight excluding hydrogens is 328 g/mol. The Morgan fingerprint density at radius 1 is 1.21 bits per heavy atom. The van der Waals surface area contributed by atoms with Crippen molar-refractivity contribution in [3.8, 4) is 0 Å². The van der Waals surface area contributed by atoms with Gasteiger partial charge in [0.25, 0.3) is 0 Å². The second-order valence-electron chi connectivity index (χ2n) is 6.84. The standard InChI is InChI=1S/C17H24N2O4S/c1-24(22,23)19(12-13-6-7-13)16-5-3-2-4-15(16)14-8-10-18(11-9-14)17(20)21/h2-5,13-14H,6-12H2,1H3,(H,20,21). The van der Waals surface area contributed by atoms with Crippen molar-refractivity contribution >= 4 is 21.8 Å². The number of nitrogens with zero attached hydrogens (tertiary/aromatic N) is 2. The molecule has 3 rings (SSSR count). The molecule has 1 N–H and O–H groups in total. The van der Waals surface area contributed by atoms with Gasteiger partial charge in [-0.2, -0.15) is 0 Å². The van der Waals surface area contributed by atoms with Crippen LogP contribution >= 0.6 is 0 Å². The second kappa shape index (κ2) is 6.63. The summed E-state index contributed by atoms with van der Waals surface area (Å²) in [6.45, 7) is 1.54. The van der Waals surface area contributed by atoms with Crippen LogP contribution in [0.3, 0.4) is 0 Å². The molecule has 0 unspecified atom stereocenters. The predicted octanol–water partition coefficient (Wildman–Crippen LogP) is 2.72. The van der Waals surface area contributed by atoms with E-state index in [0.717, 1.165) is 36.9 Å². The summed E-state index contributed by atoms with van der Waals surface area (Å²) in [7, 11) is -3.33. The molecule has 6 nitrogen and oxygen atoms in total. The highest BCUT2D eigenvalue weighted by atomic mass is 32.2. The summed E-state index contributed by atoms with van der Waals surface area (Å²) in [6.07, 6.45) is 4.01. The topological polar surface area (TPSA) is 77.9 Å². The highest BCUT2D eigenvalue weighted by Crippen LogP contribution is 2.38. The summed E-state index contributed by atoms with van der Waals surface area (Å²) in [4.78, 5) is 12.5. The van der Waals surface area contributed by atoms with E-state index in [-0.39, 0.29) is 5.92 Å². The number of rotatable bonds is 5. The Kier molecular flexibility index (Phi) is 4.71. The molecule has 1 aromatic rings. The SMILES string of the molecule is CS(=O)(=O)N(CC1CC1)c1ccccc1C1CCN(C(=O)O)CC1. The highest BCUT2D eigenvalue weighted by molar-refractivity contribution is 7.92. The first-order valence-electron chi connectivity index (χ1n) is 8.41. The number of likely N-dealkylation sites (tertiary alicyclic amines) is 1. The van der Waals surface area contributed by atoms with Crippen molar-refractivity contribution in [3.63, 3.8) is 0 Å². The lowest BCUT2D eigenvalue weighted by molar-refractivity contribution is 0.132. The van der Waals surface area contributed by atoms with Gasteiger partial charge in [-0.1, -0.05) is 18.2 Å². The Labute approximate surface area is 143 Å². The second-order valence-corrected chi connectivity index (χ2v) is 8.75. The molecule has 0 atom stereocenters. The zero-order valence-corrected chi connectivity index (χ0v) is 14.7. The molecule has 132 valence electrons. The maximum absolute atomic E-state index is 12.3. The van der Waals surface area contributed by atoms with Crippen molar-refractivity contribution in [2.24, 2.45) is 5.92 Å². The molecule has 2 fully saturated rings. The quantitative estimate of drug-likeness (QED) is 0.884. The van der Waals surface area contributed by atoms with E-state index in [9.17, 15) is 13.2 Å². The van der Waals surface area contributed by atoms with Crippen LogP contribution in [-0.4, -0.2) is 50.4 Å². The number of anilines is 1. The molecule has 1 saturated heterocycles. The van der Waals surface area contributed by atoms with Crippen LogP contribution in [0.4, 0.5) is 10.5 Å². The smallest absolute Gasteiger partial charge is 0.407 e. The van der Waals surface area contributed by atoms with Crippen LogP contribution < -0.4 is 4.31 Å². The molecule has 1 aromatic carbocycles. The zero-order chi connectivity index (χ0) is 17.3. The fraction of sp³-hybridized carbons (Fsp3) is 0.588. The van der Waals surface area contributed by atoms with Crippen LogP contribution in [0, 0.1) is 5.92 Å². The number of carbonyl (C=O) groups is 1. The number of hydrogen-bond acceptors (Lipinski definition) is 3. The van der Waals surface area contributed by atoms with Crippen molar-refractivity contribution in [1.29, 1.82) is 0 Å². The van der Waals surface area contributed by atoms with E-state index in [4.69, 9.17) is 5.11 Å². The maximum Gasteiger partial charge on any atom is 0.407 e. The number of sulfonamides is 1. The average molecular weight is 352 g/mol. The molecule has 1 heterocycles. The minimum atomic E-state index is -3.33. The number of piperidine rings is 1. The molecule has 1 amide bonds. The largest absolute Gasteiger partial charge is 0.465 e. The number of hydrogen-bond donors (Lipinski definition) is 1. The van der Waals surface area contributed by atoms with E-state index < -0.39 is 16.1 Å². The minimum absolute atomic E-state index is 0.195. The summed E-state index contributed by atoms with van der Waals surface area (Å²) in [6, 6.07) is 7.67. The molecule has 0 spiro atoms. The van der Waals surface area contributed by atoms with E-state index in [2.05, 4.69) is 0 Å². The van der Waals surface area contributed by atoms with Gasteiger partial charge in [0.15, 0.2) is 0 Å². The number of para-hydroxylation sites is 1. The lowest BCUT2D eigenvalue weighted by Crippen LogP contribution is -2.37. The van der Waals surface area contributed by atoms with Crippen LogP contribution in [0.25, 0.3) is 0 Å². The van der Waals surface area contributed by atoms with E-state index in [1.54, 1.807) is 4.31 Å². The highest BCUT2D eigenvalue weighted by Gasteiger charge is 2.32. The molecule has 7 heteroatoms. The van der Waals surface area contributed by atoms with E-state index in [0.29, 0.717) is 25.6 Å². The predicted molar refractivity (Wildman–Crippen MR) is 92.9 cm³/mol. The van der Waals surface area contributed by atoms with E-state index in [1.165, 1.54) is 11.2 Å². The van der Waals surface area contributed by atoms with E-state index in [1.807, 2.05) is 24.3 Å². The molecule has 0 aromatic heterocycles. The molecular formula is C17H24N2O4S.